The van der Waals surface area contributed by atoms with Crippen LogP contribution in [0.15, 0.2) is 30.3 Å². The summed E-state index contributed by atoms with van der Waals surface area (Å²) >= 11 is 0. The molecule has 0 N–H and O–H groups in total. The molecule has 39 valence electrons. The van der Waals surface area contributed by atoms with Gasteiger partial charge in [0.2, 0.25) is 0 Å². The molecule has 0 aliphatic carbocycles. The summed E-state index contributed by atoms with van der Waals surface area (Å²) in [5.41, 5.74) is 0. The Hall–Kier alpha value is 0.323. The molecule has 0 fully saturated rings. The zero-order valence-corrected chi connectivity index (χ0v) is 9.02. The van der Waals surface area contributed by atoms with Crippen LogP contribution in [0.5, 0.6) is 0 Å². The van der Waals surface area contributed by atoms with E-state index in [-0.39, 0.29) is 36.5 Å². The molecule has 8 heavy (non-hydrogen) atoms. The predicted molar refractivity (Wildman–Crippen MR) is 25.3 cm³/mol. The molecule has 0 unspecified atom stereocenters. The van der Waals surface area contributed by atoms with Crippen molar-refractivity contribution in [1.82, 2.24) is 0 Å². The Balaban J connectivity index is 0. The molecule has 1 radical (unpaired) electrons. The van der Waals surface area contributed by atoms with Crippen molar-refractivity contribution in [2.24, 2.45) is 0 Å². The maximum absolute atomic E-state index is 2.89. The van der Waals surface area contributed by atoms with E-state index >= 15 is 0 Å². The Bertz CT molecular complexity index is 80.5. The molecule has 1 rings (SSSR count). The van der Waals surface area contributed by atoms with Crippen molar-refractivity contribution in [3.8, 4) is 0 Å². The standard InChI is InChI=1S/C6H5.BrH.Zn/c1-2-4-6-5-3-1;;/h1-5H;1H;/p-1. The molecule has 1 aromatic rings. The van der Waals surface area contributed by atoms with Gasteiger partial charge in [-0.05, 0) is 6.07 Å². The molecule has 0 aliphatic heterocycles. The first kappa shape index (κ1) is 11.2. The molecule has 0 nitrogen and oxygen atoms in total. The summed E-state index contributed by atoms with van der Waals surface area (Å²) in [6.07, 6.45) is 0. The first-order valence-corrected chi connectivity index (χ1v) is 1.91. The Morgan fingerprint density at radius 3 is 1.50 bits per heavy atom. The topological polar surface area (TPSA) is 0 Å². The van der Waals surface area contributed by atoms with Gasteiger partial charge < -0.3 is 17.0 Å². The molecule has 0 bridgehead atoms. The van der Waals surface area contributed by atoms with Crippen molar-refractivity contribution in [1.29, 1.82) is 0 Å². The Kier molecular flexibility index (Phi) is 10.2. The first-order chi connectivity index (χ1) is 3.00. The van der Waals surface area contributed by atoms with E-state index in [0.717, 1.165) is 0 Å². The van der Waals surface area contributed by atoms with Crippen LogP contribution in [0.3, 0.4) is 0 Å². The van der Waals surface area contributed by atoms with Gasteiger partial charge in [-0.3, -0.25) is 0 Å². The molecule has 2 heteroatoms. The van der Waals surface area contributed by atoms with E-state index < -0.39 is 0 Å². The fraction of sp³-hybridized carbons (Fsp3) is 0. The maximum atomic E-state index is 2.89. The second kappa shape index (κ2) is 7.32. The van der Waals surface area contributed by atoms with Crippen LogP contribution in [-0.2, 0) is 19.5 Å². The summed E-state index contributed by atoms with van der Waals surface area (Å²) < 4.78 is 0. The van der Waals surface area contributed by atoms with Gasteiger partial charge >= 0.3 is 0 Å². The minimum atomic E-state index is 0. The molecule has 0 saturated heterocycles. The number of hydrogen-bond donors (Lipinski definition) is 0. The third-order valence-corrected chi connectivity index (χ3v) is 0.607. The van der Waals surface area contributed by atoms with E-state index in [9.17, 15) is 0 Å². The smallest absolute Gasteiger partial charge is 0 e. The molecule has 1 aromatic carbocycles. The average molecular weight is 222 g/mol. The van der Waals surface area contributed by atoms with Crippen LogP contribution in [0, 0.1) is 6.07 Å². The van der Waals surface area contributed by atoms with E-state index in [1.165, 1.54) is 0 Å². The Morgan fingerprint density at radius 1 is 0.875 bits per heavy atom. The van der Waals surface area contributed by atoms with E-state index in [0.29, 0.717) is 0 Å². The van der Waals surface area contributed by atoms with Gasteiger partial charge in [-0.15, -0.1) is 0 Å². The zero-order valence-electron chi connectivity index (χ0n) is 4.47. The summed E-state index contributed by atoms with van der Waals surface area (Å²) in [6.45, 7) is 0. The molecule has 0 saturated carbocycles. The van der Waals surface area contributed by atoms with E-state index in [1.54, 1.807) is 0 Å². The number of hydrogen-bond acceptors (Lipinski definition) is 0. The quantitative estimate of drug-likeness (QED) is 0.468. The van der Waals surface area contributed by atoms with Gasteiger partial charge in [0.15, 0.2) is 0 Å². The van der Waals surface area contributed by atoms with Crippen LogP contribution >= 0.6 is 0 Å². The normalized spacial score (nSPS) is 6.00. The molecule has 0 heterocycles. The van der Waals surface area contributed by atoms with E-state index in [4.69, 9.17) is 0 Å². The summed E-state index contributed by atoms with van der Waals surface area (Å²) in [7, 11) is 0. The summed E-state index contributed by atoms with van der Waals surface area (Å²) in [4.78, 5) is 0. The van der Waals surface area contributed by atoms with Gasteiger partial charge in [0, 0.05) is 19.5 Å². The van der Waals surface area contributed by atoms with Crippen molar-refractivity contribution in [3.05, 3.63) is 36.4 Å². The third kappa shape index (κ3) is 4.48. The maximum Gasteiger partial charge on any atom is 0 e. The van der Waals surface area contributed by atoms with Crippen molar-refractivity contribution >= 4 is 0 Å². The van der Waals surface area contributed by atoms with Crippen LogP contribution in [0.25, 0.3) is 0 Å². The molecule has 0 atom stereocenters. The van der Waals surface area contributed by atoms with Crippen LogP contribution in [0.1, 0.15) is 0 Å². The second-order valence-corrected chi connectivity index (χ2v) is 1.08. The van der Waals surface area contributed by atoms with Crippen LogP contribution in [-0.4, -0.2) is 0 Å². The van der Waals surface area contributed by atoms with Crippen LogP contribution < -0.4 is 17.0 Å². The first-order valence-electron chi connectivity index (χ1n) is 1.91. The molecule has 0 amide bonds. The van der Waals surface area contributed by atoms with Crippen molar-refractivity contribution in [2.75, 3.05) is 0 Å². The van der Waals surface area contributed by atoms with Crippen molar-refractivity contribution in [2.45, 2.75) is 0 Å². The minimum absolute atomic E-state index is 0. The minimum Gasteiger partial charge on any atom is -1.00 e. The van der Waals surface area contributed by atoms with Gasteiger partial charge in [-0.25, -0.2) is 0 Å². The third-order valence-electron chi connectivity index (χ3n) is 0.607. The van der Waals surface area contributed by atoms with Gasteiger partial charge in [0.25, 0.3) is 0 Å². The number of rotatable bonds is 0. The molecular formula is C6H5BrZn-. The number of halogens is 1. The number of benzene rings is 1. The van der Waals surface area contributed by atoms with E-state index in [2.05, 4.69) is 6.07 Å². The Labute approximate surface area is 72.8 Å². The summed E-state index contributed by atoms with van der Waals surface area (Å²) in [5.74, 6) is 0. The van der Waals surface area contributed by atoms with Crippen LogP contribution in [0.4, 0.5) is 0 Å². The van der Waals surface area contributed by atoms with Gasteiger partial charge in [0.1, 0.15) is 0 Å². The van der Waals surface area contributed by atoms with Gasteiger partial charge in [-0.1, -0.05) is 30.3 Å². The summed E-state index contributed by atoms with van der Waals surface area (Å²) in [5, 5.41) is 0. The second-order valence-electron chi connectivity index (χ2n) is 1.08. The van der Waals surface area contributed by atoms with Gasteiger partial charge in [-0.2, -0.15) is 0 Å². The van der Waals surface area contributed by atoms with E-state index in [1.807, 2.05) is 30.3 Å². The average Bonchev–Trinajstić information content (AvgIpc) is 1.72. The monoisotopic (exact) mass is 220 g/mol. The largest absolute Gasteiger partial charge is 1.00 e. The van der Waals surface area contributed by atoms with Crippen LogP contribution in [0.2, 0.25) is 0 Å². The van der Waals surface area contributed by atoms with Crippen molar-refractivity contribution in [3.63, 3.8) is 0 Å². The zero-order chi connectivity index (χ0) is 4.24. The molecular weight excluding hydrogens is 217 g/mol. The molecule has 0 spiro atoms. The fourth-order valence-corrected chi connectivity index (χ4v) is 0.342. The fourth-order valence-electron chi connectivity index (χ4n) is 0.342. The molecule has 0 aliphatic rings. The molecule has 0 aromatic heterocycles. The summed E-state index contributed by atoms with van der Waals surface area (Å²) in [6, 6.07) is 12.5. The Morgan fingerprint density at radius 2 is 1.38 bits per heavy atom. The van der Waals surface area contributed by atoms with Crippen molar-refractivity contribution < 1.29 is 36.5 Å². The SMILES string of the molecule is [Br-].[Zn].[c]1ccccc1. The predicted octanol–water partition coefficient (Wildman–Crippen LogP) is -1.51. The van der Waals surface area contributed by atoms with Gasteiger partial charge in [0.05, 0.1) is 0 Å².